The second kappa shape index (κ2) is 3.87. The monoisotopic (exact) mass is 221 g/mol. The molecule has 0 saturated carbocycles. The summed E-state index contributed by atoms with van der Waals surface area (Å²) in [6.45, 7) is 0. The molecule has 0 aromatic carbocycles. The molecule has 2 aromatic heterocycles. The van der Waals surface area contributed by atoms with Crippen molar-refractivity contribution in [2.75, 3.05) is 12.4 Å². The van der Waals surface area contributed by atoms with Crippen molar-refractivity contribution < 1.29 is 0 Å². The van der Waals surface area contributed by atoms with Gasteiger partial charge in [0.1, 0.15) is 5.82 Å². The molecule has 6 heteroatoms. The molecule has 5 nitrogen and oxygen atoms in total. The Labute approximate surface area is 89.7 Å². The van der Waals surface area contributed by atoms with Crippen LogP contribution in [0.15, 0.2) is 24.7 Å². The highest BCUT2D eigenvalue weighted by molar-refractivity contribution is 7.14. The van der Waals surface area contributed by atoms with Gasteiger partial charge in [-0.3, -0.25) is 10.5 Å². The molecule has 2 rings (SSSR count). The van der Waals surface area contributed by atoms with Crippen LogP contribution >= 0.6 is 9.39 Å². The summed E-state index contributed by atoms with van der Waals surface area (Å²) in [5, 5.41) is 17.6. The zero-order valence-corrected chi connectivity index (χ0v) is 9.44. The van der Waals surface area contributed by atoms with Gasteiger partial charge < -0.3 is 9.65 Å². The van der Waals surface area contributed by atoms with Gasteiger partial charge >= 0.3 is 0 Å². The van der Waals surface area contributed by atoms with E-state index in [1.165, 1.54) is 0 Å². The number of aromatic nitrogens is 3. The van der Waals surface area contributed by atoms with Crippen LogP contribution in [-0.2, 0) is 0 Å². The second-order valence-corrected chi connectivity index (χ2v) is 3.65. The smallest absolute Gasteiger partial charge is 0.118 e. The van der Waals surface area contributed by atoms with Crippen molar-refractivity contribution in [1.29, 1.82) is 5.41 Å². The van der Waals surface area contributed by atoms with Crippen molar-refractivity contribution in [2.45, 2.75) is 0 Å². The molecule has 0 saturated heterocycles. The molecule has 0 amide bonds. The van der Waals surface area contributed by atoms with Gasteiger partial charge in [0.25, 0.3) is 0 Å². The van der Waals surface area contributed by atoms with E-state index in [1.54, 1.807) is 12.4 Å². The summed E-state index contributed by atoms with van der Waals surface area (Å²) >= 11 is 0. The van der Waals surface area contributed by atoms with Gasteiger partial charge in [-0.1, -0.05) is 0 Å². The van der Waals surface area contributed by atoms with Crippen LogP contribution in [0.25, 0.3) is 0 Å². The van der Waals surface area contributed by atoms with Crippen LogP contribution in [0, 0.1) is 5.41 Å². The number of nitrogens with one attached hydrogen (secondary N) is 3. The number of anilines is 1. The Hall–Kier alpha value is -1.61. The average Bonchev–Trinajstić information content (AvgIpc) is 2.85. The van der Waals surface area contributed by atoms with E-state index in [0.29, 0.717) is 5.71 Å². The lowest BCUT2D eigenvalue weighted by atomic mass is 10.1. The normalized spacial score (nSPS) is 10.3. The fourth-order valence-electron chi connectivity index (χ4n) is 1.46. The second-order valence-electron chi connectivity index (χ2n) is 3.10. The molecule has 3 N–H and O–H groups in total. The molecule has 0 fully saturated rings. The van der Waals surface area contributed by atoms with Crippen LogP contribution < -0.4 is 5.32 Å². The summed E-state index contributed by atoms with van der Waals surface area (Å²) in [5.41, 5.74) is 2.09. The lowest BCUT2D eigenvalue weighted by molar-refractivity contribution is 1.09. The van der Waals surface area contributed by atoms with E-state index in [0.717, 1.165) is 16.9 Å². The number of H-pyrrole nitrogens is 1. The molecule has 0 aliphatic rings. The maximum Gasteiger partial charge on any atom is 0.118 e. The summed E-state index contributed by atoms with van der Waals surface area (Å²) in [5.74, 6) is 0.895. The molecule has 78 valence electrons. The van der Waals surface area contributed by atoms with Crippen LogP contribution in [0.2, 0.25) is 0 Å². The Balaban J connectivity index is 2.42. The minimum atomic E-state index is 0.453. The van der Waals surface area contributed by atoms with Gasteiger partial charge in [0, 0.05) is 30.6 Å². The van der Waals surface area contributed by atoms with Gasteiger partial charge in [-0.05, 0) is 15.5 Å². The van der Waals surface area contributed by atoms with E-state index in [2.05, 4.69) is 24.9 Å². The largest absolute Gasteiger partial charge is 0.374 e. The molecular weight excluding hydrogens is 209 g/mol. The van der Waals surface area contributed by atoms with Gasteiger partial charge in [0.2, 0.25) is 0 Å². The van der Waals surface area contributed by atoms with E-state index in [1.807, 2.05) is 23.6 Å². The van der Waals surface area contributed by atoms with E-state index in [9.17, 15) is 0 Å². The SMILES string of the molecule is CNc1c(C(=N)c2cn[nH]c2)ccn1P. The molecule has 2 heterocycles. The molecule has 15 heavy (non-hydrogen) atoms. The lowest BCUT2D eigenvalue weighted by Gasteiger charge is -2.06. The Morgan fingerprint density at radius 3 is 3.07 bits per heavy atom. The fourth-order valence-corrected chi connectivity index (χ4v) is 1.81. The number of aromatic amines is 1. The lowest BCUT2D eigenvalue weighted by Crippen LogP contribution is -2.04. The van der Waals surface area contributed by atoms with Crippen molar-refractivity contribution in [3.05, 3.63) is 35.8 Å². The molecule has 0 aliphatic carbocycles. The Morgan fingerprint density at radius 2 is 2.47 bits per heavy atom. The van der Waals surface area contributed by atoms with Crippen molar-refractivity contribution >= 4 is 20.9 Å². The first-order chi connectivity index (χ1) is 7.24. The molecule has 0 spiro atoms. The third-order valence-electron chi connectivity index (χ3n) is 2.21. The van der Waals surface area contributed by atoms with Crippen LogP contribution in [-0.4, -0.2) is 27.3 Å². The first-order valence-electron chi connectivity index (χ1n) is 4.46. The molecule has 1 atom stereocenters. The first-order valence-corrected chi connectivity index (χ1v) is 4.98. The summed E-state index contributed by atoms with van der Waals surface area (Å²) in [4.78, 5) is 0. The predicted octanol–water partition coefficient (Wildman–Crippen LogP) is 1.31. The average molecular weight is 221 g/mol. The summed E-state index contributed by atoms with van der Waals surface area (Å²) < 4.78 is 1.87. The van der Waals surface area contributed by atoms with Crippen molar-refractivity contribution in [2.24, 2.45) is 0 Å². The van der Waals surface area contributed by atoms with Crippen molar-refractivity contribution in [1.82, 2.24) is 14.5 Å². The summed E-state index contributed by atoms with van der Waals surface area (Å²) in [6, 6.07) is 1.90. The van der Waals surface area contributed by atoms with E-state index in [-0.39, 0.29) is 0 Å². The van der Waals surface area contributed by atoms with Gasteiger partial charge in [0.05, 0.1) is 11.9 Å². The first kappa shape index (κ1) is 9.93. The minimum absolute atomic E-state index is 0.453. The Morgan fingerprint density at radius 1 is 1.67 bits per heavy atom. The van der Waals surface area contributed by atoms with Crippen molar-refractivity contribution in [3.8, 4) is 0 Å². The van der Waals surface area contributed by atoms with Gasteiger partial charge in [-0.15, -0.1) is 0 Å². The molecule has 0 radical (unpaired) electrons. The maximum absolute atomic E-state index is 8.02. The quantitative estimate of drug-likeness (QED) is 0.540. The molecule has 2 aromatic rings. The van der Waals surface area contributed by atoms with Crippen molar-refractivity contribution in [3.63, 3.8) is 0 Å². The summed E-state index contributed by atoms with van der Waals surface area (Å²) in [6.07, 6.45) is 5.24. The molecule has 0 bridgehead atoms. The third-order valence-corrected chi connectivity index (χ3v) is 2.64. The molecular formula is C9H12N5P. The highest BCUT2D eigenvalue weighted by atomic mass is 31.0. The highest BCUT2D eigenvalue weighted by Gasteiger charge is 2.12. The van der Waals surface area contributed by atoms with Crippen LogP contribution in [0.5, 0.6) is 0 Å². The van der Waals surface area contributed by atoms with Crippen LogP contribution in [0.3, 0.4) is 0 Å². The third kappa shape index (κ3) is 1.66. The van der Waals surface area contributed by atoms with Gasteiger partial charge in [0.15, 0.2) is 0 Å². The minimum Gasteiger partial charge on any atom is -0.374 e. The predicted molar refractivity (Wildman–Crippen MR) is 63.6 cm³/mol. The summed E-state index contributed by atoms with van der Waals surface area (Å²) in [7, 11) is 4.40. The van der Waals surface area contributed by atoms with E-state index in [4.69, 9.17) is 5.41 Å². The van der Waals surface area contributed by atoms with E-state index >= 15 is 0 Å². The zero-order chi connectivity index (χ0) is 10.8. The fraction of sp³-hybridized carbons (Fsp3) is 0.111. The number of hydrogen-bond acceptors (Lipinski definition) is 3. The topological polar surface area (TPSA) is 69.5 Å². The molecule has 1 unspecified atom stereocenters. The Kier molecular flexibility index (Phi) is 2.56. The zero-order valence-electron chi connectivity index (χ0n) is 8.28. The standard InChI is InChI=1S/C9H12N5P/c1-11-9-7(2-3-14(9)15)8(10)6-4-12-13-5-6/h2-5,10-11H,15H2,1H3,(H,12,13). The number of hydrogen-bond donors (Lipinski definition) is 3. The molecule has 0 aliphatic heterocycles. The maximum atomic E-state index is 8.02. The van der Waals surface area contributed by atoms with Gasteiger partial charge in [-0.2, -0.15) is 5.10 Å². The van der Waals surface area contributed by atoms with Gasteiger partial charge in [-0.25, -0.2) is 0 Å². The van der Waals surface area contributed by atoms with Crippen LogP contribution in [0.4, 0.5) is 5.82 Å². The van der Waals surface area contributed by atoms with E-state index < -0.39 is 0 Å². The van der Waals surface area contributed by atoms with Crippen LogP contribution in [0.1, 0.15) is 11.1 Å². The number of nitrogens with zero attached hydrogens (tertiary/aromatic N) is 2. The number of rotatable bonds is 3. The highest BCUT2D eigenvalue weighted by Crippen LogP contribution is 2.21. The Bertz CT molecular complexity index is 471.